The molecule has 0 saturated carbocycles. The third kappa shape index (κ3) is 3.21. The van der Waals surface area contributed by atoms with Gasteiger partial charge in [0, 0.05) is 25.7 Å². The molecule has 2 rings (SSSR count). The molecule has 1 amide bonds. The third-order valence-electron chi connectivity index (χ3n) is 2.87. The number of fused-ring (bicyclic) bond motifs is 1. The topological polar surface area (TPSA) is 62.5 Å². The minimum atomic E-state index is -0.419. The summed E-state index contributed by atoms with van der Waals surface area (Å²) in [5.74, 6) is -0.419. The van der Waals surface area contributed by atoms with Crippen molar-refractivity contribution < 1.29 is 4.79 Å². The number of carbonyl (C=O) groups excluding carboxylic acids is 1. The van der Waals surface area contributed by atoms with E-state index in [-0.39, 0.29) is 0 Å². The highest BCUT2D eigenvalue weighted by atomic mass is 32.1. The summed E-state index contributed by atoms with van der Waals surface area (Å²) in [4.78, 5) is 20.0. The molecule has 0 radical (unpaired) electrons. The zero-order valence-electron chi connectivity index (χ0n) is 11.4. The number of likely N-dealkylation sites (N-methyl/N-ethyl adjacent to an activating group) is 2. The molecule has 5 nitrogen and oxygen atoms in total. The number of amides is 1. The molecule has 1 heterocycles. The number of nitrogens with two attached hydrogens (primary N) is 1. The van der Waals surface area contributed by atoms with Gasteiger partial charge in [-0.1, -0.05) is 11.3 Å². The van der Waals surface area contributed by atoms with Crippen LogP contribution >= 0.6 is 11.3 Å². The maximum absolute atomic E-state index is 11.1. The van der Waals surface area contributed by atoms with Crippen molar-refractivity contribution in [2.75, 3.05) is 39.1 Å². The van der Waals surface area contributed by atoms with E-state index in [1.165, 1.54) is 0 Å². The van der Waals surface area contributed by atoms with Gasteiger partial charge in [0.25, 0.3) is 0 Å². The van der Waals surface area contributed by atoms with Crippen molar-refractivity contribution in [1.29, 1.82) is 0 Å². The van der Waals surface area contributed by atoms with E-state index in [1.54, 1.807) is 23.5 Å². The molecule has 0 atom stereocenters. The molecule has 0 aliphatic carbocycles. The van der Waals surface area contributed by atoms with Crippen molar-refractivity contribution >= 4 is 32.6 Å². The Balaban J connectivity index is 2.23. The predicted molar refractivity (Wildman–Crippen MR) is 80.0 cm³/mol. The summed E-state index contributed by atoms with van der Waals surface area (Å²) in [6.07, 6.45) is 0. The maximum Gasteiger partial charge on any atom is 0.248 e. The van der Waals surface area contributed by atoms with Crippen LogP contribution in [0.25, 0.3) is 10.2 Å². The number of nitrogens with zero attached hydrogens (tertiary/aromatic N) is 3. The molecular weight excluding hydrogens is 260 g/mol. The lowest BCUT2D eigenvalue weighted by atomic mass is 10.2. The zero-order chi connectivity index (χ0) is 14.0. The first kappa shape index (κ1) is 13.8. The van der Waals surface area contributed by atoms with E-state index in [4.69, 9.17) is 5.73 Å². The molecule has 102 valence electrons. The largest absolute Gasteiger partial charge is 0.366 e. The van der Waals surface area contributed by atoms with Crippen molar-refractivity contribution in [3.05, 3.63) is 23.8 Å². The number of thiazole rings is 1. The minimum Gasteiger partial charge on any atom is -0.366 e. The highest BCUT2D eigenvalue weighted by Gasteiger charge is 2.10. The quantitative estimate of drug-likeness (QED) is 0.898. The molecule has 2 aromatic rings. The lowest BCUT2D eigenvalue weighted by Crippen LogP contribution is -2.28. The Bertz CT molecular complexity index is 593. The Morgan fingerprint density at radius 2 is 2.05 bits per heavy atom. The number of aromatic nitrogens is 1. The van der Waals surface area contributed by atoms with Gasteiger partial charge in [0.15, 0.2) is 5.13 Å². The fourth-order valence-corrected chi connectivity index (χ4v) is 2.61. The Morgan fingerprint density at radius 3 is 2.68 bits per heavy atom. The number of carbonyl (C=O) groups is 1. The molecule has 0 bridgehead atoms. The second kappa shape index (κ2) is 5.54. The average Bonchev–Trinajstić information content (AvgIpc) is 2.78. The van der Waals surface area contributed by atoms with Crippen LogP contribution in [0.15, 0.2) is 18.2 Å². The lowest BCUT2D eigenvalue weighted by Gasteiger charge is -2.18. The fraction of sp³-hybridized carbons (Fsp3) is 0.385. The van der Waals surface area contributed by atoms with Crippen molar-refractivity contribution in [2.45, 2.75) is 0 Å². The van der Waals surface area contributed by atoms with Gasteiger partial charge in [-0.05, 0) is 32.3 Å². The van der Waals surface area contributed by atoms with Crippen LogP contribution in [0, 0.1) is 0 Å². The second-order valence-electron chi connectivity index (χ2n) is 4.77. The predicted octanol–water partition coefficient (Wildman–Crippen LogP) is 1.39. The molecular formula is C13H18N4OS. The van der Waals surface area contributed by atoms with Crippen LogP contribution in [0.4, 0.5) is 5.13 Å². The fourth-order valence-electron chi connectivity index (χ4n) is 1.68. The number of primary amides is 1. The maximum atomic E-state index is 11.1. The van der Waals surface area contributed by atoms with Crippen LogP contribution in [0.3, 0.4) is 0 Å². The summed E-state index contributed by atoms with van der Waals surface area (Å²) in [6.45, 7) is 1.88. The normalized spacial score (nSPS) is 11.2. The van der Waals surface area contributed by atoms with Crippen molar-refractivity contribution in [3.8, 4) is 0 Å². The van der Waals surface area contributed by atoms with E-state index < -0.39 is 5.91 Å². The van der Waals surface area contributed by atoms with Crippen molar-refractivity contribution in [1.82, 2.24) is 9.88 Å². The molecule has 0 aliphatic rings. The number of rotatable bonds is 5. The molecule has 2 N–H and O–H groups in total. The number of hydrogen-bond acceptors (Lipinski definition) is 5. The van der Waals surface area contributed by atoms with Gasteiger partial charge in [-0.15, -0.1) is 0 Å². The van der Waals surface area contributed by atoms with Gasteiger partial charge in [-0.3, -0.25) is 4.79 Å². The number of hydrogen-bond donors (Lipinski definition) is 1. The lowest BCUT2D eigenvalue weighted by molar-refractivity contribution is 0.100. The van der Waals surface area contributed by atoms with Crippen LogP contribution < -0.4 is 10.6 Å². The summed E-state index contributed by atoms with van der Waals surface area (Å²) in [5.41, 5.74) is 6.60. The van der Waals surface area contributed by atoms with Gasteiger partial charge in [-0.25, -0.2) is 4.98 Å². The van der Waals surface area contributed by atoms with E-state index in [9.17, 15) is 4.79 Å². The summed E-state index contributed by atoms with van der Waals surface area (Å²) >= 11 is 1.62. The van der Waals surface area contributed by atoms with Crippen LogP contribution in [0.2, 0.25) is 0 Å². The first-order valence-corrected chi connectivity index (χ1v) is 6.85. The third-order valence-corrected chi connectivity index (χ3v) is 4.02. The van der Waals surface area contributed by atoms with Crippen molar-refractivity contribution in [3.63, 3.8) is 0 Å². The van der Waals surface area contributed by atoms with Crippen LogP contribution in [-0.4, -0.2) is 50.0 Å². The van der Waals surface area contributed by atoms with E-state index >= 15 is 0 Å². The van der Waals surface area contributed by atoms with E-state index in [2.05, 4.69) is 14.8 Å². The standard InChI is InChI=1S/C13H18N4OS/c1-16(2)6-7-17(3)13-15-10-8-9(12(14)18)4-5-11(10)19-13/h4-5,8H,6-7H2,1-3H3,(H2,14,18). The summed E-state index contributed by atoms with van der Waals surface area (Å²) in [5, 5.41) is 0.957. The van der Waals surface area contributed by atoms with E-state index in [1.807, 2.05) is 27.2 Å². The SMILES string of the molecule is CN(C)CCN(C)c1nc2cc(C(N)=O)ccc2s1. The molecule has 0 saturated heterocycles. The van der Waals surface area contributed by atoms with E-state index in [0.717, 1.165) is 28.4 Å². The van der Waals surface area contributed by atoms with Gasteiger partial charge in [0.2, 0.25) is 5.91 Å². The zero-order valence-corrected chi connectivity index (χ0v) is 12.2. The summed E-state index contributed by atoms with van der Waals surface area (Å²) < 4.78 is 1.07. The Kier molecular flexibility index (Phi) is 4.01. The highest BCUT2D eigenvalue weighted by Crippen LogP contribution is 2.28. The molecule has 1 aromatic heterocycles. The monoisotopic (exact) mass is 278 g/mol. The number of anilines is 1. The van der Waals surface area contributed by atoms with Gasteiger partial charge < -0.3 is 15.5 Å². The van der Waals surface area contributed by atoms with Crippen LogP contribution in [0.5, 0.6) is 0 Å². The summed E-state index contributed by atoms with van der Waals surface area (Å²) in [6, 6.07) is 5.39. The Hall–Kier alpha value is -1.66. The average molecular weight is 278 g/mol. The molecule has 6 heteroatoms. The molecule has 0 unspecified atom stereocenters. The first-order chi connectivity index (χ1) is 8.97. The smallest absolute Gasteiger partial charge is 0.248 e. The molecule has 0 aliphatic heterocycles. The molecule has 0 spiro atoms. The molecule has 1 aromatic carbocycles. The molecule has 19 heavy (non-hydrogen) atoms. The Labute approximate surface area is 116 Å². The second-order valence-corrected chi connectivity index (χ2v) is 5.78. The van der Waals surface area contributed by atoms with Crippen LogP contribution in [0.1, 0.15) is 10.4 Å². The van der Waals surface area contributed by atoms with E-state index in [0.29, 0.717) is 5.56 Å². The highest BCUT2D eigenvalue weighted by molar-refractivity contribution is 7.22. The van der Waals surface area contributed by atoms with Gasteiger partial charge in [0.1, 0.15) is 0 Å². The van der Waals surface area contributed by atoms with Gasteiger partial charge in [-0.2, -0.15) is 0 Å². The first-order valence-electron chi connectivity index (χ1n) is 6.03. The number of benzene rings is 1. The summed E-state index contributed by atoms with van der Waals surface area (Å²) in [7, 11) is 6.12. The Morgan fingerprint density at radius 1 is 1.32 bits per heavy atom. The van der Waals surface area contributed by atoms with Gasteiger partial charge in [0.05, 0.1) is 10.2 Å². The van der Waals surface area contributed by atoms with Gasteiger partial charge >= 0.3 is 0 Å². The minimum absolute atomic E-state index is 0.419. The van der Waals surface area contributed by atoms with Crippen LogP contribution in [-0.2, 0) is 0 Å². The molecule has 0 fully saturated rings. The van der Waals surface area contributed by atoms with Crippen molar-refractivity contribution in [2.24, 2.45) is 5.73 Å².